The molecule has 23 heavy (non-hydrogen) atoms. The van der Waals surface area contributed by atoms with Crippen molar-refractivity contribution < 1.29 is 4.79 Å². The molecule has 122 valence electrons. The third kappa shape index (κ3) is 3.72. The third-order valence-electron chi connectivity index (χ3n) is 4.59. The fraction of sp³-hybridized carbons (Fsp3) is 0.444. The molecule has 1 aliphatic rings. The Labute approximate surface area is 141 Å². The van der Waals surface area contributed by atoms with E-state index in [0.717, 1.165) is 17.8 Å². The Balaban J connectivity index is 1.51. The molecule has 0 saturated heterocycles. The van der Waals surface area contributed by atoms with Gasteiger partial charge in [0, 0.05) is 43.0 Å². The molecule has 0 spiro atoms. The van der Waals surface area contributed by atoms with Crippen LogP contribution >= 0.6 is 11.3 Å². The van der Waals surface area contributed by atoms with Crippen molar-refractivity contribution in [1.82, 2.24) is 15.2 Å². The van der Waals surface area contributed by atoms with Gasteiger partial charge in [-0.15, -0.1) is 11.3 Å². The van der Waals surface area contributed by atoms with Crippen LogP contribution in [0.3, 0.4) is 0 Å². The lowest BCUT2D eigenvalue weighted by molar-refractivity contribution is 0.205. The average Bonchev–Trinajstić information content (AvgIpc) is 3.16. The lowest BCUT2D eigenvalue weighted by atomic mass is 9.96. The zero-order valence-electron chi connectivity index (χ0n) is 13.7. The summed E-state index contributed by atoms with van der Waals surface area (Å²) >= 11 is 1.64. The van der Waals surface area contributed by atoms with Crippen molar-refractivity contribution >= 4 is 17.4 Å². The van der Waals surface area contributed by atoms with Crippen molar-refractivity contribution in [2.24, 2.45) is 0 Å². The molecule has 2 amide bonds. The first-order chi connectivity index (χ1) is 11.1. The first-order valence-corrected chi connectivity index (χ1v) is 8.92. The van der Waals surface area contributed by atoms with Crippen LogP contribution in [0.1, 0.15) is 36.3 Å². The number of benzene rings is 1. The topological polar surface area (TPSA) is 45.2 Å². The van der Waals surface area contributed by atoms with Crippen LogP contribution in [0.2, 0.25) is 0 Å². The number of thiazole rings is 1. The van der Waals surface area contributed by atoms with E-state index >= 15 is 0 Å². The van der Waals surface area contributed by atoms with E-state index in [-0.39, 0.29) is 17.4 Å². The van der Waals surface area contributed by atoms with E-state index in [2.05, 4.69) is 41.5 Å². The molecule has 1 aromatic heterocycles. The van der Waals surface area contributed by atoms with Crippen LogP contribution < -0.4 is 5.32 Å². The van der Waals surface area contributed by atoms with Crippen molar-refractivity contribution in [2.75, 3.05) is 20.1 Å². The highest BCUT2D eigenvalue weighted by molar-refractivity contribution is 7.09. The van der Waals surface area contributed by atoms with Gasteiger partial charge in [-0.2, -0.15) is 0 Å². The molecule has 0 radical (unpaired) electrons. The van der Waals surface area contributed by atoms with E-state index in [1.165, 1.54) is 5.56 Å². The Kier molecular flexibility index (Phi) is 4.66. The molecule has 1 heterocycles. The largest absolute Gasteiger partial charge is 0.337 e. The number of aromatic nitrogens is 1. The maximum atomic E-state index is 12.4. The van der Waals surface area contributed by atoms with Gasteiger partial charge in [-0.25, -0.2) is 9.78 Å². The number of carbonyl (C=O) groups excluding carboxylic acids is 1. The Hall–Kier alpha value is -1.88. The van der Waals surface area contributed by atoms with Crippen LogP contribution in [-0.2, 0) is 5.41 Å². The molecular weight excluding hydrogens is 306 g/mol. The summed E-state index contributed by atoms with van der Waals surface area (Å²) < 4.78 is 0. The number of urea groups is 1. The molecule has 1 aromatic carbocycles. The fourth-order valence-corrected chi connectivity index (χ4v) is 3.63. The van der Waals surface area contributed by atoms with E-state index in [9.17, 15) is 4.79 Å². The quantitative estimate of drug-likeness (QED) is 0.880. The smallest absolute Gasteiger partial charge is 0.317 e. The van der Waals surface area contributed by atoms with Gasteiger partial charge in [0.15, 0.2) is 0 Å². The van der Waals surface area contributed by atoms with Crippen molar-refractivity contribution in [3.05, 3.63) is 52.5 Å². The molecule has 0 bridgehead atoms. The number of likely N-dealkylation sites (N-methyl/N-ethyl adjacent to an activating group) is 1. The number of nitrogens with one attached hydrogen (secondary N) is 1. The van der Waals surface area contributed by atoms with Gasteiger partial charge in [0.2, 0.25) is 0 Å². The molecule has 1 N–H and O–H groups in total. The molecule has 3 rings (SSSR count). The molecule has 0 aliphatic heterocycles. The lowest BCUT2D eigenvalue weighted by Crippen LogP contribution is -2.42. The highest BCUT2D eigenvalue weighted by Gasteiger charge is 2.44. The molecule has 1 aliphatic carbocycles. The van der Waals surface area contributed by atoms with Crippen LogP contribution in [0.5, 0.6) is 0 Å². The number of rotatable bonds is 6. The predicted molar refractivity (Wildman–Crippen MR) is 93.9 cm³/mol. The molecule has 2 aromatic rings. The van der Waals surface area contributed by atoms with Gasteiger partial charge in [-0.1, -0.05) is 37.3 Å². The molecule has 4 nitrogen and oxygen atoms in total. The summed E-state index contributed by atoms with van der Waals surface area (Å²) in [5.41, 5.74) is 1.48. The van der Waals surface area contributed by atoms with E-state index in [0.29, 0.717) is 13.1 Å². The second kappa shape index (κ2) is 6.71. The van der Waals surface area contributed by atoms with E-state index in [4.69, 9.17) is 0 Å². The summed E-state index contributed by atoms with van der Waals surface area (Å²) in [5, 5.41) is 6.16. The van der Waals surface area contributed by atoms with Crippen molar-refractivity contribution in [3.8, 4) is 0 Å². The Bertz CT molecular complexity index is 638. The highest BCUT2D eigenvalue weighted by Crippen LogP contribution is 2.47. The standard InChI is InChI=1S/C18H23N3OS/c1-14(16-19-10-11-23-16)12-21(2)17(22)20-13-18(8-9-18)15-6-4-3-5-7-15/h3-7,10-11,14H,8-9,12-13H2,1-2H3,(H,20,22)/t14-/m0/s1. The van der Waals surface area contributed by atoms with Crippen LogP contribution in [0, 0.1) is 0 Å². The summed E-state index contributed by atoms with van der Waals surface area (Å²) in [6.45, 7) is 3.50. The van der Waals surface area contributed by atoms with Crippen LogP contribution in [0.15, 0.2) is 41.9 Å². The van der Waals surface area contributed by atoms with Crippen LogP contribution in [0.25, 0.3) is 0 Å². The van der Waals surface area contributed by atoms with Gasteiger partial charge < -0.3 is 10.2 Å². The Morgan fingerprint density at radius 1 is 1.39 bits per heavy atom. The summed E-state index contributed by atoms with van der Waals surface area (Å²) in [6, 6.07) is 10.5. The minimum Gasteiger partial charge on any atom is -0.337 e. The zero-order valence-corrected chi connectivity index (χ0v) is 14.5. The van der Waals surface area contributed by atoms with Crippen molar-refractivity contribution in [1.29, 1.82) is 0 Å². The first-order valence-electron chi connectivity index (χ1n) is 8.05. The maximum Gasteiger partial charge on any atom is 0.317 e. The van der Waals surface area contributed by atoms with E-state index in [1.807, 2.05) is 24.7 Å². The molecule has 1 fully saturated rings. The first kappa shape index (κ1) is 16.0. The van der Waals surface area contributed by atoms with Gasteiger partial charge in [-0.3, -0.25) is 0 Å². The summed E-state index contributed by atoms with van der Waals surface area (Å²) in [7, 11) is 1.85. The lowest BCUT2D eigenvalue weighted by Gasteiger charge is -2.23. The van der Waals surface area contributed by atoms with Gasteiger partial charge in [-0.05, 0) is 18.4 Å². The molecule has 5 heteroatoms. The summed E-state index contributed by atoms with van der Waals surface area (Å²) in [4.78, 5) is 18.4. The normalized spacial score (nSPS) is 16.6. The minimum atomic E-state index is -0.00406. The Morgan fingerprint density at radius 2 is 2.13 bits per heavy atom. The van der Waals surface area contributed by atoms with Crippen molar-refractivity contribution in [3.63, 3.8) is 0 Å². The molecule has 1 saturated carbocycles. The minimum absolute atomic E-state index is 0.00406. The molecular formula is C18H23N3OS. The molecule has 1 atom stereocenters. The summed E-state index contributed by atoms with van der Waals surface area (Å²) in [6.07, 6.45) is 4.11. The van der Waals surface area contributed by atoms with E-state index < -0.39 is 0 Å². The average molecular weight is 329 g/mol. The van der Waals surface area contributed by atoms with Crippen LogP contribution in [-0.4, -0.2) is 36.1 Å². The summed E-state index contributed by atoms with van der Waals surface area (Å²) in [5.74, 6) is 0.259. The third-order valence-corrected chi connectivity index (χ3v) is 5.59. The number of hydrogen-bond donors (Lipinski definition) is 1. The number of carbonyl (C=O) groups is 1. The van der Waals surface area contributed by atoms with E-state index in [1.54, 1.807) is 16.2 Å². The second-order valence-corrected chi connectivity index (χ2v) is 7.38. The van der Waals surface area contributed by atoms with Gasteiger partial charge in [0.05, 0.1) is 5.01 Å². The number of amides is 2. The fourth-order valence-electron chi connectivity index (χ4n) is 2.94. The number of hydrogen-bond acceptors (Lipinski definition) is 3. The van der Waals surface area contributed by atoms with Gasteiger partial charge in [0.1, 0.15) is 0 Å². The second-order valence-electron chi connectivity index (χ2n) is 6.46. The predicted octanol–water partition coefficient (Wildman–Crippen LogP) is 3.62. The zero-order chi connectivity index (χ0) is 16.3. The van der Waals surface area contributed by atoms with Gasteiger partial charge in [0.25, 0.3) is 0 Å². The SMILES string of the molecule is C[C@@H](CN(C)C(=O)NCC1(c2ccccc2)CC1)c1nccs1. The highest BCUT2D eigenvalue weighted by atomic mass is 32.1. The Morgan fingerprint density at radius 3 is 2.74 bits per heavy atom. The van der Waals surface area contributed by atoms with Crippen LogP contribution in [0.4, 0.5) is 4.79 Å². The molecule has 0 unspecified atom stereocenters. The van der Waals surface area contributed by atoms with Gasteiger partial charge >= 0.3 is 6.03 Å². The maximum absolute atomic E-state index is 12.4. The monoisotopic (exact) mass is 329 g/mol. The van der Waals surface area contributed by atoms with Crippen molar-refractivity contribution in [2.45, 2.75) is 31.1 Å². The number of nitrogens with zero attached hydrogens (tertiary/aromatic N) is 2.